The maximum atomic E-state index is 6.14. The van der Waals surface area contributed by atoms with Crippen molar-refractivity contribution in [2.24, 2.45) is 0 Å². The number of aryl methyl sites for hydroxylation is 1. The zero-order chi connectivity index (χ0) is 12.1. The topological polar surface area (TPSA) is 12.0 Å². The van der Waals surface area contributed by atoms with E-state index in [1.807, 2.05) is 25.7 Å². The van der Waals surface area contributed by atoms with Crippen LogP contribution in [0.1, 0.15) is 31.0 Å². The molecule has 0 saturated heterocycles. The molecule has 0 aliphatic carbocycles. The standard InChI is InChI=1S/C13H20ClNS/c1-9(2)16-8-13(15-4)11-6-5-10(3)12(14)7-11/h5-7,9,13,15H,8H2,1-4H3. The minimum Gasteiger partial charge on any atom is -0.312 e. The summed E-state index contributed by atoms with van der Waals surface area (Å²) in [6.45, 7) is 6.47. The lowest BCUT2D eigenvalue weighted by Crippen LogP contribution is -2.19. The van der Waals surface area contributed by atoms with Gasteiger partial charge in [-0.15, -0.1) is 0 Å². The number of hydrogen-bond donors (Lipinski definition) is 1. The Morgan fingerprint density at radius 2 is 2.06 bits per heavy atom. The highest BCUT2D eigenvalue weighted by Crippen LogP contribution is 2.25. The third-order valence-corrected chi connectivity index (χ3v) is 4.14. The molecule has 0 amide bonds. The molecule has 0 heterocycles. The molecule has 0 aliphatic rings. The van der Waals surface area contributed by atoms with Crippen molar-refractivity contribution in [2.75, 3.05) is 12.8 Å². The molecule has 1 rings (SSSR count). The van der Waals surface area contributed by atoms with Crippen molar-refractivity contribution in [1.82, 2.24) is 5.32 Å². The van der Waals surface area contributed by atoms with Gasteiger partial charge < -0.3 is 5.32 Å². The van der Waals surface area contributed by atoms with Crippen LogP contribution >= 0.6 is 23.4 Å². The molecule has 1 unspecified atom stereocenters. The van der Waals surface area contributed by atoms with Gasteiger partial charge in [-0.3, -0.25) is 0 Å². The van der Waals surface area contributed by atoms with Crippen LogP contribution in [0.2, 0.25) is 5.02 Å². The van der Waals surface area contributed by atoms with E-state index in [2.05, 4.69) is 37.4 Å². The first-order chi connectivity index (χ1) is 7.54. The van der Waals surface area contributed by atoms with Crippen LogP contribution in [0.15, 0.2) is 18.2 Å². The second-order valence-electron chi connectivity index (χ2n) is 4.23. The van der Waals surface area contributed by atoms with E-state index in [0.717, 1.165) is 16.3 Å². The van der Waals surface area contributed by atoms with Gasteiger partial charge in [0, 0.05) is 16.8 Å². The Kier molecular flexibility index (Phi) is 5.67. The molecule has 0 aromatic heterocycles. The molecule has 90 valence electrons. The lowest BCUT2D eigenvalue weighted by Gasteiger charge is -2.18. The van der Waals surface area contributed by atoms with Crippen molar-refractivity contribution < 1.29 is 0 Å². The van der Waals surface area contributed by atoms with Gasteiger partial charge >= 0.3 is 0 Å². The second kappa shape index (κ2) is 6.53. The van der Waals surface area contributed by atoms with E-state index in [1.54, 1.807) is 0 Å². The zero-order valence-corrected chi connectivity index (χ0v) is 12.0. The molecule has 1 aromatic carbocycles. The van der Waals surface area contributed by atoms with Gasteiger partial charge in [-0.05, 0) is 36.4 Å². The number of nitrogens with one attached hydrogen (secondary N) is 1. The van der Waals surface area contributed by atoms with Gasteiger partial charge in [-0.2, -0.15) is 11.8 Å². The molecule has 3 heteroatoms. The number of rotatable bonds is 5. The van der Waals surface area contributed by atoms with Gasteiger partial charge in [-0.25, -0.2) is 0 Å². The summed E-state index contributed by atoms with van der Waals surface area (Å²) in [7, 11) is 2.00. The van der Waals surface area contributed by atoms with Crippen LogP contribution in [-0.4, -0.2) is 18.1 Å². The van der Waals surface area contributed by atoms with Crippen LogP contribution in [0.3, 0.4) is 0 Å². The second-order valence-corrected chi connectivity index (χ2v) is 6.25. The largest absolute Gasteiger partial charge is 0.312 e. The van der Waals surface area contributed by atoms with Crippen LogP contribution in [0.25, 0.3) is 0 Å². The van der Waals surface area contributed by atoms with Crippen LogP contribution in [0, 0.1) is 6.92 Å². The highest BCUT2D eigenvalue weighted by molar-refractivity contribution is 7.99. The highest BCUT2D eigenvalue weighted by atomic mass is 35.5. The van der Waals surface area contributed by atoms with Gasteiger partial charge in [-0.1, -0.05) is 37.6 Å². The van der Waals surface area contributed by atoms with Crippen LogP contribution in [-0.2, 0) is 0 Å². The lowest BCUT2D eigenvalue weighted by molar-refractivity contribution is 0.661. The quantitative estimate of drug-likeness (QED) is 0.854. The molecule has 1 N–H and O–H groups in total. The van der Waals surface area contributed by atoms with E-state index in [4.69, 9.17) is 11.6 Å². The number of benzene rings is 1. The van der Waals surface area contributed by atoms with Gasteiger partial charge in [0.1, 0.15) is 0 Å². The average Bonchev–Trinajstić information content (AvgIpc) is 2.23. The fourth-order valence-electron chi connectivity index (χ4n) is 1.46. The van der Waals surface area contributed by atoms with Gasteiger partial charge in [0.25, 0.3) is 0 Å². The van der Waals surface area contributed by atoms with E-state index in [1.165, 1.54) is 5.56 Å². The molecule has 1 nitrogen and oxygen atoms in total. The lowest BCUT2D eigenvalue weighted by atomic mass is 10.1. The monoisotopic (exact) mass is 257 g/mol. The first-order valence-electron chi connectivity index (χ1n) is 5.59. The average molecular weight is 258 g/mol. The van der Waals surface area contributed by atoms with Crippen LogP contribution < -0.4 is 5.32 Å². The third kappa shape index (κ3) is 4.00. The molecular formula is C13H20ClNS. The Morgan fingerprint density at radius 3 is 2.56 bits per heavy atom. The van der Waals surface area contributed by atoms with Crippen LogP contribution in [0.5, 0.6) is 0 Å². The van der Waals surface area contributed by atoms with Gasteiger partial charge in [0.2, 0.25) is 0 Å². The first-order valence-corrected chi connectivity index (χ1v) is 7.02. The van der Waals surface area contributed by atoms with Crippen molar-refractivity contribution in [3.63, 3.8) is 0 Å². The first kappa shape index (κ1) is 13.9. The molecule has 16 heavy (non-hydrogen) atoms. The highest BCUT2D eigenvalue weighted by Gasteiger charge is 2.11. The van der Waals surface area contributed by atoms with E-state index in [0.29, 0.717) is 11.3 Å². The minimum atomic E-state index is 0.380. The normalized spacial score (nSPS) is 13.1. The summed E-state index contributed by atoms with van der Waals surface area (Å²) in [5, 5.41) is 4.86. The molecular weight excluding hydrogens is 238 g/mol. The Balaban J connectivity index is 2.74. The van der Waals surface area contributed by atoms with E-state index < -0.39 is 0 Å². The predicted molar refractivity (Wildman–Crippen MR) is 75.6 cm³/mol. The zero-order valence-electron chi connectivity index (χ0n) is 10.4. The Labute approximate surface area is 108 Å². The van der Waals surface area contributed by atoms with E-state index >= 15 is 0 Å². The molecule has 0 spiro atoms. The Hall–Kier alpha value is -0.180. The smallest absolute Gasteiger partial charge is 0.0438 e. The van der Waals surface area contributed by atoms with Crippen LogP contribution in [0.4, 0.5) is 0 Å². The molecule has 1 atom stereocenters. The van der Waals surface area contributed by atoms with Crippen molar-refractivity contribution in [2.45, 2.75) is 32.1 Å². The molecule has 0 radical (unpaired) electrons. The van der Waals surface area contributed by atoms with Crippen molar-refractivity contribution in [3.8, 4) is 0 Å². The molecule has 1 aromatic rings. The van der Waals surface area contributed by atoms with E-state index in [9.17, 15) is 0 Å². The Bertz CT molecular complexity index is 339. The number of hydrogen-bond acceptors (Lipinski definition) is 2. The summed E-state index contributed by atoms with van der Waals surface area (Å²) >= 11 is 8.11. The number of thioether (sulfide) groups is 1. The maximum Gasteiger partial charge on any atom is 0.0438 e. The molecule has 0 aliphatic heterocycles. The molecule has 0 saturated carbocycles. The summed E-state index contributed by atoms with van der Waals surface area (Å²) in [5.41, 5.74) is 2.41. The molecule has 0 bridgehead atoms. The fourth-order valence-corrected chi connectivity index (χ4v) is 2.59. The SMILES string of the molecule is CNC(CSC(C)C)c1ccc(C)c(Cl)c1. The summed E-state index contributed by atoms with van der Waals surface area (Å²) in [6, 6.07) is 6.69. The van der Waals surface area contributed by atoms with Gasteiger partial charge in [0.15, 0.2) is 0 Å². The summed E-state index contributed by atoms with van der Waals surface area (Å²) in [6.07, 6.45) is 0. The third-order valence-electron chi connectivity index (χ3n) is 2.54. The van der Waals surface area contributed by atoms with Crippen molar-refractivity contribution in [3.05, 3.63) is 34.3 Å². The maximum absolute atomic E-state index is 6.14. The minimum absolute atomic E-state index is 0.380. The molecule has 0 fully saturated rings. The van der Waals surface area contributed by atoms with E-state index in [-0.39, 0.29) is 0 Å². The van der Waals surface area contributed by atoms with Crippen molar-refractivity contribution in [1.29, 1.82) is 0 Å². The fraction of sp³-hybridized carbons (Fsp3) is 0.538. The van der Waals surface area contributed by atoms with Crippen molar-refractivity contribution >= 4 is 23.4 Å². The van der Waals surface area contributed by atoms with Gasteiger partial charge in [0.05, 0.1) is 0 Å². The summed E-state index contributed by atoms with van der Waals surface area (Å²) < 4.78 is 0. The Morgan fingerprint density at radius 1 is 1.38 bits per heavy atom. The number of halogens is 1. The summed E-state index contributed by atoms with van der Waals surface area (Å²) in [5.74, 6) is 1.08. The predicted octanol–water partition coefficient (Wildman–Crippen LogP) is 4.05. The summed E-state index contributed by atoms with van der Waals surface area (Å²) in [4.78, 5) is 0.